The summed E-state index contributed by atoms with van der Waals surface area (Å²) in [6, 6.07) is 7.23. The fourth-order valence-corrected chi connectivity index (χ4v) is 4.55. The van der Waals surface area contributed by atoms with Gasteiger partial charge in [-0.15, -0.1) is 0 Å². The Morgan fingerprint density at radius 2 is 1.91 bits per heavy atom. The number of fused-ring (bicyclic) bond motifs is 1. The van der Waals surface area contributed by atoms with E-state index in [1.807, 2.05) is 12.1 Å². The fraction of sp³-hybridized carbons (Fsp3) is 0.318. The van der Waals surface area contributed by atoms with Gasteiger partial charge in [0.05, 0.1) is 27.7 Å². The lowest BCUT2D eigenvalue weighted by atomic mass is 10.0. The molecule has 32 heavy (non-hydrogen) atoms. The molecule has 0 spiro atoms. The van der Waals surface area contributed by atoms with E-state index in [0.717, 1.165) is 11.1 Å². The van der Waals surface area contributed by atoms with E-state index in [1.165, 1.54) is 7.11 Å². The van der Waals surface area contributed by atoms with Crippen LogP contribution in [0.1, 0.15) is 39.5 Å². The van der Waals surface area contributed by atoms with Gasteiger partial charge in [-0.25, -0.2) is 9.78 Å². The predicted molar refractivity (Wildman–Crippen MR) is 126 cm³/mol. The Bertz CT molecular complexity index is 1200. The second-order valence-corrected chi connectivity index (χ2v) is 8.81. The number of hydrogen-bond donors (Lipinski definition) is 2. The molecule has 0 saturated carbocycles. The van der Waals surface area contributed by atoms with Crippen LogP contribution in [0.15, 0.2) is 24.3 Å². The predicted octanol–water partition coefficient (Wildman–Crippen LogP) is 5.02. The Balaban J connectivity index is 1.53. The Morgan fingerprint density at radius 1 is 1.19 bits per heavy atom. The van der Waals surface area contributed by atoms with E-state index in [2.05, 4.69) is 20.2 Å². The highest BCUT2D eigenvalue weighted by atomic mass is 35.5. The van der Waals surface area contributed by atoms with E-state index in [9.17, 15) is 9.59 Å². The summed E-state index contributed by atoms with van der Waals surface area (Å²) in [6.45, 7) is 3.11. The highest BCUT2D eigenvalue weighted by molar-refractivity contribution is 6.44. The van der Waals surface area contributed by atoms with Gasteiger partial charge in [0.25, 0.3) is 5.91 Å². The normalized spacial score (nSPS) is 14.6. The number of carbonyl (C=O) groups excluding carboxylic acids is 2. The topological polar surface area (TPSA) is 87.3 Å². The standard InChI is InChI=1S/C22H21Cl3N4O3/c1-11-17(24)18(25)20(26-11)21(30)27-12-6-8-29(9-7-12)16-10-15(22(31)32-2)28-19-13(16)4-3-5-14(19)23/h3-5,10,12,26H,6-9H2,1-2H3,(H,27,30). The zero-order valence-electron chi connectivity index (χ0n) is 17.5. The van der Waals surface area contributed by atoms with Crippen LogP contribution in [0.3, 0.4) is 0 Å². The quantitative estimate of drug-likeness (QED) is 0.496. The number of pyridine rings is 1. The molecule has 2 aromatic heterocycles. The minimum Gasteiger partial charge on any atom is -0.464 e. The van der Waals surface area contributed by atoms with Crippen LogP contribution in [0.4, 0.5) is 5.69 Å². The number of amides is 1. The lowest BCUT2D eigenvalue weighted by Crippen LogP contribution is -2.45. The van der Waals surface area contributed by atoms with Crippen molar-refractivity contribution in [2.75, 3.05) is 25.1 Å². The number of anilines is 1. The smallest absolute Gasteiger partial charge is 0.356 e. The van der Waals surface area contributed by atoms with Crippen molar-refractivity contribution in [1.82, 2.24) is 15.3 Å². The van der Waals surface area contributed by atoms with Gasteiger partial charge in [-0.2, -0.15) is 0 Å². The maximum atomic E-state index is 12.6. The molecule has 3 heterocycles. The number of para-hydroxylation sites is 1. The van der Waals surface area contributed by atoms with Crippen molar-refractivity contribution in [3.63, 3.8) is 0 Å². The van der Waals surface area contributed by atoms with Crippen molar-refractivity contribution in [2.24, 2.45) is 0 Å². The molecule has 1 saturated heterocycles. The minimum absolute atomic E-state index is 0.0195. The summed E-state index contributed by atoms with van der Waals surface area (Å²) >= 11 is 18.6. The summed E-state index contributed by atoms with van der Waals surface area (Å²) in [5, 5.41) is 4.94. The monoisotopic (exact) mass is 494 g/mol. The lowest BCUT2D eigenvalue weighted by Gasteiger charge is -2.34. The Hall–Kier alpha value is -2.48. The Kier molecular flexibility index (Phi) is 6.51. The highest BCUT2D eigenvalue weighted by Crippen LogP contribution is 2.33. The van der Waals surface area contributed by atoms with Crippen LogP contribution >= 0.6 is 34.8 Å². The first-order valence-electron chi connectivity index (χ1n) is 10.1. The van der Waals surface area contributed by atoms with Crippen LogP contribution in [-0.4, -0.2) is 48.1 Å². The number of halogens is 3. The maximum Gasteiger partial charge on any atom is 0.356 e. The number of nitrogens with zero attached hydrogens (tertiary/aromatic N) is 2. The van der Waals surface area contributed by atoms with Crippen molar-refractivity contribution in [2.45, 2.75) is 25.8 Å². The molecule has 0 atom stereocenters. The van der Waals surface area contributed by atoms with E-state index in [4.69, 9.17) is 39.5 Å². The molecule has 1 fully saturated rings. The van der Waals surface area contributed by atoms with E-state index in [1.54, 1.807) is 19.1 Å². The van der Waals surface area contributed by atoms with Crippen molar-refractivity contribution in [1.29, 1.82) is 0 Å². The number of aromatic amines is 1. The zero-order valence-corrected chi connectivity index (χ0v) is 19.7. The van der Waals surface area contributed by atoms with Gasteiger partial charge >= 0.3 is 5.97 Å². The molecule has 2 N–H and O–H groups in total. The van der Waals surface area contributed by atoms with Crippen LogP contribution < -0.4 is 10.2 Å². The summed E-state index contributed by atoms with van der Waals surface area (Å²) in [4.78, 5) is 34.3. The third kappa shape index (κ3) is 4.25. The summed E-state index contributed by atoms with van der Waals surface area (Å²) < 4.78 is 4.86. The molecule has 10 heteroatoms. The highest BCUT2D eigenvalue weighted by Gasteiger charge is 2.26. The molecule has 3 aromatic rings. The van der Waals surface area contributed by atoms with Gasteiger partial charge in [-0.3, -0.25) is 4.79 Å². The lowest BCUT2D eigenvalue weighted by molar-refractivity contribution is 0.0594. The molecule has 168 valence electrons. The number of aryl methyl sites for hydroxylation is 1. The molecule has 0 aliphatic carbocycles. The zero-order chi connectivity index (χ0) is 23.0. The van der Waals surface area contributed by atoms with E-state index < -0.39 is 5.97 Å². The molecule has 1 aromatic carbocycles. The number of nitrogens with one attached hydrogen (secondary N) is 2. The van der Waals surface area contributed by atoms with Gasteiger partial charge in [-0.05, 0) is 31.9 Å². The number of hydrogen-bond acceptors (Lipinski definition) is 5. The number of H-pyrrole nitrogens is 1. The number of ether oxygens (including phenoxy) is 1. The second kappa shape index (κ2) is 9.17. The first kappa shape index (κ1) is 22.7. The van der Waals surface area contributed by atoms with Gasteiger partial charge in [0.2, 0.25) is 0 Å². The molecule has 1 aliphatic heterocycles. The second-order valence-electron chi connectivity index (χ2n) is 7.64. The number of carbonyl (C=O) groups is 2. The minimum atomic E-state index is -0.521. The van der Waals surface area contributed by atoms with Gasteiger partial charge in [0.15, 0.2) is 5.69 Å². The van der Waals surface area contributed by atoms with Crippen LogP contribution in [0.2, 0.25) is 15.1 Å². The molecule has 1 amide bonds. The summed E-state index contributed by atoms with van der Waals surface area (Å²) in [5.74, 6) is -0.801. The Labute approximate surface area is 200 Å². The van der Waals surface area contributed by atoms with Crippen LogP contribution in [0.5, 0.6) is 0 Å². The largest absolute Gasteiger partial charge is 0.464 e. The van der Waals surface area contributed by atoms with Gasteiger partial charge in [-0.1, -0.05) is 46.9 Å². The molecular weight excluding hydrogens is 475 g/mol. The first-order valence-corrected chi connectivity index (χ1v) is 11.2. The number of rotatable bonds is 4. The number of benzene rings is 1. The summed E-state index contributed by atoms with van der Waals surface area (Å²) in [7, 11) is 1.32. The molecule has 0 radical (unpaired) electrons. The first-order chi connectivity index (χ1) is 15.3. The number of aromatic nitrogens is 2. The molecule has 0 bridgehead atoms. The Morgan fingerprint density at radius 3 is 2.53 bits per heavy atom. The maximum absolute atomic E-state index is 12.6. The van der Waals surface area contributed by atoms with Crippen molar-refractivity contribution < 1.29 is 14.3 Å². The molecule has 0 unspecified atom stereocenters. The summed E-state index contributed by atoms with van der Waals surface area (Å²) in [6.07, 6.45) is 1.43. The van der Waals surface area contributed by atoms with E-state index in [-0.39, 0.29) is 28.4 Å². The molecular formula is C22H21Cl3N4O3. The third-order valence-corrected chi connectivity index (χ3v) is 6.87. The average molecular weight is 496 g/mol. The van der Waals surface area contributed by atoms with E-state index in [0.29, 0.717) is 47.2 Å². The number of piperidine rings is 1. The van der Waals surface area contributed by atoms with Gasteiger partial charge in [0, 0.05) is 35.9 Å². The summed E-state index contributed by atoms with van der Waals surface area (Å²) in [5.41, 5.74) is 2.54. The fourth-order valence-electron chi connectivity index (χ4n) is 3.92. The third-order valence-electron chi connectivity index (χ3n) is 5.61. The van der Waals surface area contributed by atoms with Crippen molar-refractivity contribution >= 4 is 63.3 Å². The molecule has 1 aliphatic rings. The van der Waals surface area contributed by atoms with Gasteiger partial charge < -0.3 is 19.9 Å². The van der Waals surface area contributed by atoms with Gasteiger partial charge in [0.1, 0.15) is 5.69 Å². The van der Waals surface area contributed by atoms with Crippen molar-refractivity contribution in [3.05, 3.63) is 56.4 Å². The SMILES string of the molecule is COC(=O)c1cc(N2CCC(NC(=O)c3[nH]c(C)c(Cl)c3Cl)CC2)c2cccc(Cl)c2n1. The molecule has 7 nitrogen and oxygen atoms in total. The van der Waals surface area contributed by atoms with Crippen molar-refractivity contribution in [3.8, 4) is 0 Å². The van der Waals surface area contributed by atoms with Crippen LogP contribution in [0, 0.1) is 6.92 Å². The van der Waals surface area contributed by atoms with E-state index >= 15 is 0 Å². The molecule has 4 rings (SSSR count). The van der Waals surface area contributed by atoms with Crippen LogP contribution in [0.25, 0.3) is 10.9 Å². The average Bonchev–Trinajstić information content (AvgIpc) is 3.06. The van der Waals surface area contributed by atoms with Crippen LogP contribution in [-0.2, 0) is 4.74 Å². The number of esters is 1. The number of methoxy groups -OCH3 is 1.